The van der Waals surface area contributed by atoms with Gasteiger partial charge in [-0.15, -0.1) is 0 Å². The number of carbonyl (C=O) groups is 2. The van der Waals surface area contributed by atoms with Gasteiger partial charge in [0.05, 0.1) is 13.2 Å². The van der Waals surface area contributed by atoms with Crippen LogP contribution in [0.4, 0.5) is 0 Å². The molecule has 0 fully saturated rings. The van der Waals surface area contributed by atoms with Crippen molar-refractivity contribution in [2.24, 2.45) is 5.73 Å². The molecule has 9 nitrogen and oxygen atoms in total. The lowest BCUT2D eigenvalue weighted by atomic mass is 10.0. The molecule has 0 saturated carbocycles. The Kier molecular flexibility index (Phi) is 48.3. The summed E-state index contributed by atoms with van der Waals surface area (Å²) in [5, 5.41) is 0. The van der Waals surface area contributed by atoms with Gasteiger partial charge in [-0.05, 0) is 70.6 Å². The van der Waals surface area contributed by atoms with Gasteiger partial charge in [-0.25, -0.2) is 4.57 Å². The number of hydrogen-bond acceptors (Lipinski definition) is 8. The van der Waals surface area contributed by atoms with Gasteiger partial charge in [-0.3, -0.25) is 18.6 Å². The first-order valence-corrected chi connectivity index (χ1v) is 28.0. The average Bonchev–Trinajstić information content (AvgIpc) is 3.27. The Morgan fingerprint density at radius 1 is 0.476 bits per heavy atom. The maximum absolute atomic E-state index is 12.7. The molecule has 0 aromatic rings. The van der Waals surface area contributed by atoms with Crippen LogP contribution in [-0.4, -0.2) is 49.3 Å². The first kappa shape index (κ1) is 61.2. The largest absolute Gasteiger partial charge is 0.472 e. The van der Waals surface area contributed by atoms with Gasteiger partial charge in [0.2, 0.25) is 0 Å². The molecule has 10 heteroatoms. The highest BCUT2D eigenvalue weighted by Gasteiger charge is 2.26. The summed E-state index contributed by atoms with van der Waals surface area (Å²) >= 11 is 0. The monoisotopic (exact) mass is 910 g/mol. The number of nitrogens with two attached hydrogens (primary N) is 1. The summed E-state index contributed by atoms with van der Waals surface area (Å²) in [4.78, 5) is 35.1. The third-order valence-electron chi connectivity index (χ3n) is 11.5. The number of allylic oxidation sites excluding steroid dienone is 6. The molecule has 2 unspecified atom stereocenters. The van der Waals surface area contributed by atoms with Crippen molar-refractivity contribution in [1.29, 1.82) is 0 Å². The van der Waals surface area contributed by atoms with Crippen LogP contribution >= 0.6 is 7.82 Å². The van der Waals surface area contributed by atoms with E-state index in [2.05, 4.69) is 50.3 Å². The van der Waals surface area contributed by atoms with Crippen LogP contribution in [0.5, 0.6) is 0 Å². The van der Waals surface area contributed by atoms with E-state index in [0.717, 1.165) is 57.8 Å². The summed E-state index contributed by atoms with van der Waals surface area (Å²) in [7, 11) is -4.38. The maximum atomic E-state index is 12.7. The minimum atomic E-state index is -4.38. The van der Waals surface area contributed by atoms with Crippen LogP contribution in [0.3, 0.4) is 0 Å². The van der Waals surface area contributed by atoms with E-state index < -0.39 is 26.5 Å². The fourth-order valence-corrected chi connectivity index (χ4v) is 8.31. The Hall–Kier alpha value is -1.77. The van der Waals surface area contributed by atoms with E-state index in [1.54, 1.807) is 0 Å². The number of carbonyl (C=O) groups excluding carboxylic acids is 2. The van der Waals surface area contributed by atoms with Crippen LogP contribution in [0, 0.1) is 0 Å². The molecule has 3 N–H and O–H groups in total. The summed E-state index contributed by atoms with van der Waals surface area (Å²) in [6.45, 7) is 3.75. The van der Waals surface area contributed by atoms with Crippen molar-refractivity contribution in [1.82, 2.24) is 0 Å². The molecule has 0 spiro atoms. The van der Waals surface area contributed by atoms with Crippen LogP contribution in [-0.2, 0) is 32.7 Å². The summed E-state index contributed by atoms with van der Waals surface area (Å²) in [6.07, 6.45) is 57.5. The van der Waals surface area contributed by atoms with Gasteiger partial charge in [0, 0.05) is 19.4 Å². The molecule has 2 atom stereocenters. The standard InChI is InChI=1S/C53H100NO8P/c1-3-5-7-9-11-13-15-17-19-21-22-23-24-25-26-27-28-30-32-34-36-38-40-42-44-46-53(56)62-51(50-61-63(57,58)60-48-47-54)49-59-52(55)45-43-41-39-37-35-33-31-29-20-18-16-14-12-10-8-6-4-2/h15,17-18,20-22,51H,3-14,16,19,23-50,54H2,1-2H3,(H,57,58)/b17-15-,20-18-,22-21-. The Morgan fingerprint density at radius 3 is 1.22 bits per heavy atom. The predicted octanol–water partition coefficient (Wildman–Crippen LogP) is 16.1. The Morgan fingerprint density at radius 2 is 0.825 bits per heavy atom. The zero-order valence-electron chi connectivity index (χ0n) is 41.1. The topological polar surface area (TPSA) is 134 Å². The third-order valence-corrected chi connectivity index (χ3v) is 12.5. The Labute approximate surface area is 388 Å². The third kappa shape index (κ3) is 49.5. The van der Waals surface area contributed by atoms with Crippen LogP contribution in [0.25, 0.3) is 0 Å². The van der Waals surface area contributed by atoms with Gasteiger partial charge in [0.1, 0.15) is 6.61 Å². The minimum Gasteiger partial charge on any atom is -0.462 e. The van der Waals surface area contributed by atoms with Gasteiger partial charge < -0.3 is 20.1 Å². The zero-order valence-corrected chi connectivity index (χ0v) is 42.0. The summed E-state index contributed by atoms with van der Waals surface area (Å²) in [6, 6.07) is 0. The molecule has 0 heterocycles. The quantitative estimate of drug-likeness (QED) is 0.0265. The van der Waals surface area contributed by atoms with Gasteiger partial charge >= 0.3 is 19.8 Å². The number of rotatable bonds is 50. The van der Waals surface area contributed by atoms with Crippen molar-refractivity contribution in [2.75, 3.05) is 26.4 Å². The van der Waals surface area contributed by atoms with E-state index >= 15 is 0 Å². The maximum Gasteiger partial charge on any atom is 0.472 e. The average molecular weight is 910 g/mol. The second-order valence-corrected chi connectivity index (χ2v) is 19.2. The van der Waals surface area contributed by atoms with Gasteiger partial charge in [-0.2, -0.15) is 0 Å². The second-order valence-electron chi connectivity index (χ2n) is 17.7. The highest BCUT2D eigenvalue weighted by Crippen LogP contribution is 2.43. The van der Waals surface area contributed by atoms with Crippen molar-refractivity contribution >= 4 is 19.8 Å². The smallest absolute Gasteiger partial charge is 0.462 e. The Bertz CT molecular complexity index is 1130. The molecule has 0 radical (unpaired) electrons. The molecular formula is C53H100NO8P. The normalized spacial score (nSPS) is 13.4. The molecule has 0 saturated heterocycles. The number of ether oxygens (including phenoxy) is 2. The fraction of sp³-hybridized carbons (Fsp3) is 0.849. The van der Waals surface area contributed by atoms with Crippen molar-refractivity contribution in [3.63, 3.8) is 0 Å². The first-order chi connectivity index (χ1) is 30.8. The second kappa shape index (κ2) is 49.7. The highest BCUT2D eigenvalue weighted by atomic mass is 31.2. The molecular weight excluding hydrogens is 810 g/mol. The van der Waals surface area contributed by atoms with E-state index in [4.69, 9.17) is 24.3 Å². The summed E-state index contributed by atoms with van der Waals surface area (Å²) in [5.74, 6) is -0.825. The van der Waals surface area contributed by atoms with Crippen LogP contribution in [0.1, 0.15) is 258 Å². The molecule has 0 aromatic heterocycles. The van der Waals surface area contributed by atoms with Crippen molar-refractivity contribution < 1.29 is 37.6 Å². The van der Waals surface area contributed by atoms with E-state index in [9.17, 15) is 19.0 Å². The SMILES string of the molecule is CCCCCCC/C=C\C/C=C\CCCCCCCCCCCCCCCC(=O)OC(COC(=O)CCCCCCCCC/C=C\CCCCCCCC)COP(=O)(O)OCCN. The molecule has 0 rings (SSSR count). The van der Waals surface area contributed by atoms with Crippen LogP contribution < -0.4 is 5.73 Å². The number of phosphoric acid groups is 1. The Balaban J connectivity index is 4.00. The molecule has 0 aliphatic rings. The van der Waals surface area contributed by atoms with E-state index in [0.29, 0.717) is 6.42 Å². The number of esters is 2. The van der Waals surface area contributed by atoms with Gasteiger partial charge in [0.15, 0.2) is 6.10 Å². The van der Waals surface area contributed by atoms with E-state index in [-0.39, 0.29) is 38.6 Å². The van der Waals surface area contributed by atoms with Gasteiger partial charge in [-0.1, -0.05) is 211 Å². The number of unbranched alkanes of at least 4 members (excludes halogenated alkanes) is 31. The number of hydrogen-bond donors (Lipinski definition) is 2. The lowest BCUT2D eigenvalue weighted by Crippen LogP contribution is -2.29. The minimum absolute atomic E-state index is 0.0533. The van der Waals surface area contributed by atoms with Gasteiger partial charge in [0.25, 0.3) is 0 Å². The van der Waals surface area contributed by atoms with Crippen molar-refractivity contribution in [3.8, 4) is 0 Å². The first-order valence-electron chi connectivity index (χ1n) is 26.5. The molecule has 0 bridgehead atoms. The van der Waals surface area contributed by atoms with Crippen LogP contribution in [0.15, 0.2) is 36.5 Å². The lowest BCUT2D eigenvalue weighted by molar-refractivity contribution is -0.161. The van der Waals surface area contributed by atoms with Crippen LogP contribution in [0.2, 0.25) is 0 Å². The number of phosphoric ester groups is 1. The zero-order chi connectivity index (χ0) is 46.0. The van der Waals surface area contributed by atoms with E-state index in [1.165, 1.54) is 167 Å². The van der Waals surface area contributed by atoms with Crippen molar-refractivity contribution in [3.05, 3.63) is 36.5 Å². The van der Waals surface area contributed by atoms with E-state index in [1.807, 2.05) is 0 Å². The molecule has 0 aliphatic carbocycles. The molecule has 0 amide bonds. The fourth-order valence-electron chi connectivity index (χ4n) is 7.54. The summed E-state index contributed by atoms with van der Waals surface area (Å²) < 4.78 is 32.9. The predicted molar refractivity (Wildman–Crippen MR) is 266 cm³/mol. The molecule has 0 aromatic carbocycles. The molecule has 370 valence electrons. The highest BCUT2D eigenvalue weighted by molar-refractivity contribution is 7.47. The summed E-state index contributed by atoms with van der Waals surface area (Å²) in [5.41, 5.74) is 5.37. The molecule has 63 heavy (non-hydrogen) atoms. The van der Waals surface area contributed by atoms with Crippen molar-refractivity contribution in [2.45, 2.75) is 264 Å². The lowest BCUT2D eigenvalue weighted by Gasteiger charge is -2.19. The molecule has 0 aliphatic heterocycles.